The van der Waals surface area contributed by atoms with Crippen LogP contribution in [-0.4, -0.2) is 33.4 Å². The number of para-hydroxylation sites is 1. The van der Waals surface area contributed by atoms with E-state index in [1.807, 2.05) is 18.2 Å². The summed E-state index contributed by atoms with van der Waals surface area (Å²) in [6.45, 7) is 10.1. The van der Waals surface area contributed by atoms with Crippen molar-refractivity contribution in [2.45, 2.75) is 40.3 Å². The molecule has 1 aromatic heterocycles. The molecule has 0 aliphatic carbocycles. The Kier molecular flexibility index (Phi) is 5.30. The van der Waals surface area contributed by atoms with E-state index in [1.54, 1.807) is 12.1 Å². The fraction of sp³-hybridized carbons (Fsp3) is 0.370. The topological polar surface area (TPSA) is 54.7 Å². The Bertz CT molecular complexity index is 1210. The van der Waals surface area contributed by atoms with Crippen LogP contribution in [0.2, 0.25) is 0 Å². The highest BCUT2D eigenvalue weighted by Gasteiger charge is 2.33. The van der Waals surface area contributed by atoms with Gasteiger partial charge in [0, 0.05) is 48.8 Å². The van der Waals surface area contributed by atoms with E-state index in [0.717, 1.165) is 36.1 Å². The van der Waals surface area contributed by atoms with Crippen LogP contribution in [0.25, 0.3) is 17.0 Å². The molecule has 3 aromatic rings. The predicted molar refractivity (Wildman–Crippen MR) is 127 cm³/mol. The van der Waals surface area contributed by atoms with Crippen molar-refractivity contribution in [1.29, 1.82) is 0 Å². The number of aromatic nitrogens is 1. The first-order valence-electron chi connectivity index (χ1n) is 11.5. The lowest BCUT2D eigenvalue weighted by molar-refractivity contribution is 0.101. The molecule has 5 rings (SSSR count). The van der Waals surface area contributed by atoms with E-state index in [0.29, 0.717) is 41.0 Å². The van der Waals surface area contributed by atoms with E-state index >= 15 is 0 Å². The van der Waals surface area contributed by atoms with Crippen LogP contribution in [-0.2, 0) is 13.1 Å². The number of hydrogen-bond acceptors (Lipinski definition) is 4. The number of ketones is 1. The molecular weight excluding hydrogens is 400 g/mol. The van der Waals surface area contributed by atoms with Crippen molar-refractivity contribution in [1.82, 2.24) is 9.47 Å². The number of hydrogen-bond donors (Lipinski definition) is 1. The maximum absolute atomic E-state index is 13.2. The lowest BCUT2D eigenvalue weighted by Gasteiger charge is -2.35. The van der Waals surface area contributed by atoms with E-state index < -0.39 is 0 Å². The molecule has 2 aliphatic heterocycles. The van der Waals surface area contributed by atoms with Gasteiger partial charge < -0.3 is 14.4 Å². The molecule has 5 nitrogen and oxygen atoms in total. The van der Waals surface area contributed by atoms with Crippen molar-refractivity contribution in [3.8, 4) is 11.5 Å². The summed E-state index contributed by atoms with van der Waals surface area (Å²) < 4.78 is 8.31. The minimum Gasteiger partial charge on any atom is -0.507 e. The molecular formula is C27H30N2O3. The normalized spacial score (nSPS) is 22.5. The van der Waals surface area contributed by atoms with Gasteiger partial charge in [-0.1, -0.05) is 32.0 Å². The van der Waals surface area contributed by atoms with Crippen LogP contribution < -0.4 is 4.74 Å². The van der Waals surface area contributed by atoms with Crippen LogP contribution in [0.3, 0.4) is 0 Å². The summed E-state index contributed by atoms with van der Waals surface area (Å²) in [6, 6.07) is 11.5. The van der Waals surface area contributed by atoms with Crippen molar-refractivity contribution in [3.63, 3.8) is 0 Å². The zero-order chi connectivity index (χ0) is 22.4. The number of carbonyl (C=O) groups excluding carboxylic acids is 1. The quantitative estimate of drug-likeness (QED) is 0.559. The van der Waals surface area contributed by atoms with Crippen molar-refractivity contribution in [3.05, 3.63) is 65.0 Å². The van der Waals surface area contributed by atoms with Crippen LogP contribution in [0, 0.1) is 11.8 Å². The first-order valence-corrected chi connectivity index (χ1v) is 11.5. The SMILES string of the molecule is CCn1cc(/C=C2\Oc3c(ccc(O)c3CN3C[C@@H](C)C[C@H](C)C3)C2=O)c2ccccc21. The van der Waals surface area contributed by atoms with Gasteiger partial charge in [0.2, 0.25) is 5.78 Å². The maximum atomic E-state index is 13.2. The van der Waals surface area contributed by atoms with Gasteiger partial charge in [-0.3, -0.25) is 9.69 Å². The summed E-state index contributed by atoms with van der Waals surface area (Å²) in [7, 11) is 0. The molecule has 0 spiro atoms. The summed E-state index contributed by atoms with van der Waals surface area (Å²) in [5.41, 5.74) is 3.33. The average molecular weight is 431 g/mol. The van der Waals surface area contributed by atoms with Crippen LogP contribution in [0.4, 0.5) is 0 Å². The smallest absolute Gasteiger partial charge is 0.231 e. The summed E-state index contributed by atoms with van der Waals surface area (Å²) in [5, 5.41) is 11.7. The molecule has 2 atom stereocenters. The molecule has 0 saturated carbocycles. The van der Waals surface area contributed by atoms with E-state index in [1.165, 1.54) is 6.42 Å². The summed E-state index contributed by atoms with van der Waals surface area (Å²) >= 11 is 0. The van der Waals surface area contributed by atoms with Crippen LogP contribution in [0.15, 0.2) is 48.4 Å². The molecule has 1 saturated heterocycles. The number of carbonyl (C=O) groups is 1. The minimum absolute atomic E-state index is 0.130. The number of benzene rings is 2. The Morgan fingerprint density at radius 3 is 2.62 bits per heavy atom. The molecule has 1 N–H and O–H groups in total. The first kappa shape index (κ1) is 20.8. The number of ether oxygens (including phenoxy) is 1. The number of aryl methyl sites for hydroxylation is 1. The van der Waals surface area contributed by atoms with Crippen LogP contribution in [0.1, 0.15) is 48.7 Å². The monoisotopic (exact) mass is 430 g/mol. The minimum atomic E-state index is -0.130. The number of allylic oxidation sites excluding steroid dienone is 1. The molecule has 0 amide bonds. The highest BCUT2D eigenvalue weighted by atomic mass is 16.5. The second-order valence-corrected chi connectivity index (χ2v) is 9.41. The third kappa shape index (κ3) is 3.61. The fourth-order valence-electron chi connectivity index (χ4n) is 5.39. The third-order valence-corrected chi connectivity index (χ3v) is 6.69. The summed E-state index contributed by atoms with van der Waals surface area (Å²) in [5.74, 6) is 2.11. The lowest BCUT2D eigenvalue weighted by atomic mass is 9.91. The van der Waals surface area contributed by atoms with Gasteiger partial charge >= 0.3 is 0 Å². The molecule has 0 radical (unpaired) electrons. The standard InChI is InChI=1S/C27H30N2O3/c1-4-29-15-19(20-7-5-6-8-23(20)29)12-25-26(31)21-9-10-24(30)22(27(21)32-25)16-28-13-17(2)11-18(3)14-28/h5-10,12,15,17-18,30H,4,11,13-14,16H2,1-3H3/b25-12-/t17-,18-/m0/s1. The Morgan fingerprint density at radius 2 is 1.88 bits per heavy atom. The van der Waals surface area contributed by atoms with Crippen molar-refractivity contribution in [2.75, 3.05) is 13.1 Å². The molecule has 0 unspecified atom stereocenters. The number of Topliss-reactive ketones (excluding diaryl/α,β-unsaturated/α-hetero) is 1. The predicted octanol–water partition coefficient (Wildman–Crippen LogP) is 5.46. The van der Waals surface area contributed by atoms with E-state index in [-0.39, 0.29) is 11.5 Å². The molecule has 166 valence electrons. The molecule has 2 aliphatic rings. The maximum Gasteiger partial charge on any atom is 0.231 e. The number of nitrogens with zero attached hydrogens (tertiary/aromatic N) is 2. The Hall–Kier alpha value is -3.05. The summed E-state index contributed by atoms with van der Waals surface area (Å²) in [4.78, 5) is 15.5. The first-order chi connectivity index (χ1) is 15.4. The molecule has 0 bridgehead atoms. The zero-order valence-corrected chi connectivity index (χ0v) is 19.0. The second-order valence-electron chi connectivity index (χ2n) is 9.41. The average Bonchev–Trinajstić information content (AvgIpc) is 3.28. The van der Waals surface area contributed by atoms with Crippen LogP contribution in [0.5, 0.6) is 11.5 Å². The number of phenols is 1. The fourth-order valence-corrected chi connectivity index (χ4v) is 5.39. The number of fused-ring (bicyclic) bond motifs is 2. The second kappa shape index (κ2) is 8.14. The zero-order valence-electron chi connectivity index (χ0n) is 19.0. The Balaban J connectivity index is 1.50. The molecule has 2 aromatic carbocycles. The van der Waals surface area contributed by atoms with Gasteiger partial charge in [0.15, 0.2) is 5.76 Å². The largest absolute Gasteiger partial charge is 0.507 e. The third-order valence-electron chi connectivity index (χ3n) is 6.69. The lowest BCUT2D eigenvalue weighted by Crippen LogP contribution is -2.38. The van der Waals surface area contributed by atoms with Crippen LogP contribution >= 0.6 is 0 Å². The number of phenolic OH excluding ortho intramolecular Hbond substituents is 1. The highest BCUT2D eigenvalue weighted by molar-refractivity contribution is 6.15. The van der Waals surface area contributed by atoms with Gasteiger partial charge in [0.25, 0.3) is 0 Å². The van der Waals surface area contributed by atoms with Gasteiger partial charge in [-0.05, 0) is 49.5 Å². The number of rotatable bonds is 4. The van der Waals surface area contributed by atoms with Gasteiger partial charge in [-0.2, -0.15) is 0 Å². The number of aromatic hydroxyl groups is 1. The van der Waals surface area contributed by atoms with Crippen molar-refractivity contribution in [2.24, 2.45) is 11.8 Å². The van der Waals surface area contributed by atoms with Gasteiger partial charge in [-0.15, -0.1) is 0 Å². The summed E-state index contributed by atoms with van der Waals surface area (Å²) in [6.07, 6.45) is 5.12. The molecule has 1 fully saturated rings. The van der Waals surface area contributed by atoms with Gasteiger partial charge in [-0.25, -0.2) is 0 Å². The van der Waals surface area contributed by atoms with Crippen molar-refractivity contribution < 1.29 is 14.6 Å². The van der Waals surface area contributed by atoms with E-state index in [2.05, 4.69) is 48.6 Å². The molecule has 3 heterocycles. The number of piperidine rings is 1. The van der Waals surface area contributed by atoms with Gasteiger partial charge in [0.1, 0.15) is 11.5 Å². The van der Waals surface area contributed by atoms with E-state index in [9.17, 15) is 9.90 Å². The van der Waals surface area contributed by atoms with Gasteiger partial charge in [0.05, 0.1) is 11.1 Å². The Labute approximate surface area is 188 Å². The Morgan fingerprint density at radius 1 is 1.12 bits per heavy atom. The van der Waals surface area contributed by atoms with E-state index in [4.69, 9.17) is 4.74 Å². The van der Waals surface area contributed by atoms with Crippen molar-refractivity contribution >= 4 is 22.8 Å². The molecule has 5 heteroatoms. The molecule has 32 heavy (non-hydrogen) atoms. The highest BCUT2D eigenvalue weighted by Crippen LogP contribution is 2.41. The number of likely N-dealkylation sites (tertiary alicyclic amines) is 1.